The van der Waals surface area contributed by atoms with E-state index in [4.69, 9.17) is 0 Å². The first-order valence-electron chi connectivity index (χ1n) is 9.74. The maximum absolute atomic E-state index is 13.4. The molecule has 0 radical (unpaired) electrons. The summed E-state index contributed by atoms with van der Waals surface area (Å²) >= 11 is 3.28. The molecule has 1 N–H and O–H groups in total. The first-order chi connectivity index (χ1) is 14.3. The molecule has 2 aromatic rings. The Hall–Kier alpha value is -2.45. The molecule has 6 nitrogen and oxygen atoms in total. The number of ketones is 2. The third kappa shape index (κ3) is 3.81. The Balaban J connectivity index is 1.83. The first kappa shape index (κ1) is 20.8. The highest BCUT2D eigenvalue weighted by Gasteiger charge is 2.38. The average Bonchev–Trinajstić information content (AvgIpc) is 2.72. The largest absolute Gasteiger partial charge is 0.366 e. The lowest BCUT2D eigenvalue weighted by atomic mass is 9.88. The summed E-state index contributed by atoms with van der Waals surface area (Å²) < 4.78 is 29.2. The molecule has 0 spiro atoms. The number of rotatable bonds is 4. The number of allylic oxidation sites excluding steroid dienone is 2. The second kappa shape index (κ2) is 8.00. The van der Waals surface area contributed by atoms with Crippen LogP contribution in [0.2, 0.25) is 0 Å². The van der Waals surface area contributed by atoms with Crippen LogP contribution >= 0.6 is 15.9 Å². The van der Waals surface area contributed by atoms with Gasteiger partial charge in [-0.1, -0.05) is 47.1 Å². The summed E-state index contributed by atoms with van der Waals surface area (Å²) in [6, 6.07) is 12.6. The Labute approximate surface area is 184 Å². The van der Waals surface area contributed by atoms with E-state index in [9.17, 15) is 18.0 Å². The van der Waals surface area contributed by atoms with Crippen molar-refractivity contribution >= 4 is 37.5 Å². The molecule has 1 aliphatic heterocycles. The van der Waals surface area contributed by atoms with Gasteiger partial charge in [0.25, 0.3) is 10.0 Å². The summed E-state index contributed by atoms with van der Waals surface area (Å²) in [4.78, 5) is 28.5. The molecule has 30 heavy (non-hydrogen) atoms. The summed E-state index contributed by atoms with van der Waals surface area (Å²) in [5.41, 5.74) is 0.494. The number of halogens is 1. The standard InChI is InChI=1S/C22H21BrN2O4S/c1-14-5-4-12-25(13-14)20-19(21(26)17-6-2-3-7-18(17)22(20)27)24-30(28,29)16-10-8-15(23)9-11-16/h2-3,6-11,14,24H,4-5,12-13H2,1H3/t14-/m1/s1. The van der Waals surface area contributed by atoms with Crippen molar-refractivity contribution in [3.63, 3.8) is 0 Å². The number of carbonyl (C=O) groups is 2. The van der Waals surface area contributed by atoms with Crippen molar-refractivity contribution in [2.45, 2.75) is 24.7 Å². The number of fused-ring (bicyclic) bond motifs is 1. The molecular formula is C22H21BrN2O4S. The normalized spacial score (nSPS) is 19.7. The summed E-state index contributed by atoms with van der Waals surface area (Å²) in [7, 11) is -4.05. The van der Waals surface area contributed by atoms with Gasteiger partial charge < -0.3 is 4.90 Å². The molecule has 1 heterocycles. The van der Waals surface area contributed by atoms with Crippen molar-refractivity contribution < 1.29 is 18.0 Å². The van der Waals surface area contributed by atoms with Crippen molar-refractivity contribution in [1.82, 2.24) is 9.62 Å². The Morgan fingerprint density at radius 3 is 2.27 bits per heavy atom. The lowest BCUT2D eigenvalue weighted by molar-refractivity contribution is 0.0920. The van der Waals surface area contributed by atoms with E-state index in [0.29, 0.717) is 24.6 Å². The van der Waals surface area contributed by atoms with E-state index in [-0.39, 0.29) is 27.6 Å². The smallest absolute Gasteiger partial charge is 0.262 e. The number of carbonyl (C=O) groups excluding carboxylic acids is 2. The Bertz CT molecular complexity index is 1160. The van der Waals surface area contributed by atoms with Crippen LogP contribution in [0.4, 0.5) is 0 Å². The van der Waals surface area contributed by atoms with E-state index in [0.717, 1.165) is 17.3 Å². The van der Waals surface area contributed by atoms with Gasteiger partial charge in [0.1, 0.15) is 11.4 Å². The molecule has 156 valence electrons. The number of hydrogen-bond donors (Lipinski definition) is 1. The van der Waals surface area contributed by atoms with Crippen LogP contribution in [0.3, 0.4) is 0 Å². The van der Waals surface area contributed by atoms with Crippen LogP contribution < -0.4 is 4.72 Å². The van der Waals surface area contributed by atoms with Crippen LogP contribution in [0.15, 0.2) is 69.3 Å². The van der Waals surface area contributed by atoms with E-state index < -0.39 is 15.8 Å². The van der Waals surface area contributed by atoms with Crippen molar-refractivity contribution in [2.24, 2.45) is 5.92 Å². The van der Waals surface area contributed by atoms with E-state index >= 15 is 0 Å². The maximum atomic E-state index is 13.4. The van der Waals surface area contributed by atoms with Gasteiger partial charge in [-0.05, 0) is 43.0 Å². The van der Waals surface area contributed by atoms with Gasteiger partial charge in [-0.25, -0.2) is 8.42 Å². The Morgan fingerprint density at radius 2 is 1.63 bits per heavy atom. The molecule has 4 rings (SSSR count). The van der Waals surface area contributed by atoms with Crippen LogP contribution in [0.1, 0.15) is 40.5 Å². The molecule has 0 amide bonds. The molecule has 1 saturated heterocycles. The molecule has 0 aromatic heterocycles. The Kier molecular flexibility index (Phi) is 5.55. The van der Waals surface area contributed by atoms with Crippen LogP contribution in [-0.4, -0.2) is 38.0 Å². The van der Waals surface area contributed by atoms with Crippen molar-refractivity contribution in [3.05, 3.63) is 75.5 Å². The summed E-state index contributed by atoms with van der Waals surface area (Å²) in [5.74, 6) is -0.470. The number of hydrogen-bond acceptors (Lipinski definition) is 5. The molecule has 1 fully saturated rings. The molecule has 0 saturated carbocycles. The third-order valence-electron chi connectivity index (χ3n) is 5.43. The number of likely N-dealkylation sites (tertiary alicyclic amines) is 1. The quantitative estimate of drug-likeness (QED) is 0.708. The molecule has 2 aromatic carbocycles. The Morgan fingerprint density at radius 1 is 1.00 bits per heavy atom. The third-order valence-corrected chi connectivity index (χ3v) is 7.32. The lowest BCUT2D eigenvalue weighted by Gasteiger charge is -2.36. The minimum Gasteiger partial charge on any atom is -0.366 e. The van der Waals surface area contributed by atoms with Crippen LogP contribution in [-0.2, 0) is 10.0 Å². The van der Waals surface area contributed by atoms with Gasteiger partial charge >= 0.3 is 0 Å². The molecular weight excluding hydrogens is 468 g/mol. The first-order valence-corrected chi connectivity index (χ1v) is 12.0. The van der Waals surface area contributed by atoms with Crippen molar-refractivity contribution in [3.8, 4) is 0 Å². The number of piperidine rings is 1. The predicted molar refractivity (Wildman–Crippen MR) is 117 cm³/mol. The van der Waals surface area contributed by atoms with Crippen LogP contribution in [0, 0.1) is 5.92 Å². The molecule has 8 heteroatoms. The minimum absolute atomic E-state index is 0.0173. The molecule has 2 aliphatic rings. The number of sulfonamides is 1. The van der Waals surface area contributed by atoms with Gasteiger partial charge in [-0.15, -0.1) is 0 Å². The average molecular weight is 489 g/mol. The van der Waals surface area contributed by atoms with Crippen molar-refractivity contribution in [1.29, 1.82) is 0 Å². The number of nitrogens with zero attached hydrogens (tertiary/aromatic N) is 1. The SMILES string of the molecule is C[C@@H]1CCCN(C2=C(NS(=O)(=O)c3ccc(Br)cc3)C(=O)c3ccccc3C2=O)C1. The number of Topliss-reactive ketones (excluding diaryl/α,β-unsaturated/α-hetero) is 2. The topological polar surface area (TPSA) is 83.6 Å². The van der Waals surface area contributed by atoms with Gasteiger partial charge in [-0.3, -0.25) is 14.3 Å². The number of benzene rings is 2. The lowest BCUT2D eigenvalue weighted by Crippen LogP contribution is -2.43. The molecule has 1 atom stereocenters. The highest BCUT2D eigenvalue weighted by Crippen LogP contribution is 2.31. The molecule has 0 bridgehead atoms. The fraction of sp³-hybridized carbons (Fsp3) is 0.273. The van der Waals surface area contributed by atoms with E-state index in [1.54, 1.807) is 36.4 Å². The predicted octanol–water partition coefficient (Wildman–Crippen LogP) is 3.75. The summed E-state index contributed by atoms with van der Waals surface area (Å²) in [6.07, 6.45) is 1.91. The zero-order valence-corrected chi connectivity index (χ0v) is 18.8. The molecule has 1 aliphatic carbocycles. The van der Waals surface area contributed by atoms with E-state index in [1.807, 2.05) is 4.90 Å². The monoisotopic (exact) mass is 488 g/mol. The highest BCUT2D eigenvalue weighted by molar-refractivity contribution is 9.10. The van der Waals surface area contributed by atoms with Gasteiger partial charge in [0.15, 0.2) is 0 Å². The van der Waals surface area contributed by atoms with Crippen LogP contribution in [0.25, 0.3) is 0 Å². The highest BCUT2D eigenvalue weighted by atomic mass is 79.9. The van der Waals surface area contributed by atoms with Crippen molar-refractivity contribution in [2.75, 3.05) is 13.1 Å². The summed E-state index contributed by atoms with van der Waals surface area (Å²) in [5, 5.41) is 0. The van der Waals surface area contributed by atoms with Gasteiger partial charge in [0.05, 0.1) is 4.90 Å². The second-order valence-corrected chi connectivity index (χ2v) is 10.3. The zero-order valence-electron chi connectivity index (χ0n) is 16.4. The van der Waals surface area contributed by atoms with E-state index in [2.05, 4.69) is 27.6 Å². The fourth-order valence-electron chi connectivity index (χ4n) is 3.96. The molecule has 0 unspecified atom stereocenters. The van der Waals surface area contributed by atoms with Gasteiger partial charge in [-0.2, -0.15) is 0 Å². The second-order valence-electron chi connectivity index (χ2n) is 7.68. The van der Waals surface area contributed by atoms with Crippen LogP contribution in [0.5, 0.6) is 0 Å². The van der Waals surface area contributed by atoms with Gasteiger partial charge in [0.2, 0.25) is 11.6 Å². The maximum Gasteiger partial charge on any atom is 0.262 e. The fourth-order valence-corrected chi connectivity index (χ4v) is 5.29. The summed E-state index contributed by atoms with van der Waals surface area (Å²) in [6.45, 7) is 3.28. The number of nitrogens with one attached hydrogen (secondary N) is 1. The van der Waals surface area contributed by atoms with E-state index in [1.165, 1.54) is 12.1 Å². The minimum atomic E-state index is -4.05. The zero-order chi connectivity index (χ0) is 21.5. The van der Waals surface area contributed by atoms with Gasteiger partial charge in [0, 0.05) is 28.7 Å².